The van der Waals surface area contributed by atoms with Crippen LogP contribution in [-0.4, -0.2) is 40.2 Å². The Balaban J connectivity index is 1.33. The predicted octanol–water partition coefficient (Wildman–Crippen LogP) is 2.24. The van der Waals surface area contributed by atoms with Gasteiger partial charge in [0.2, 0.25) is 0 Å². The number of aliphatic hydroxyl groups is 1. The summed E-state index contributed by atoms with van der Waals surface area (Å²) in [4.78, 5) is 20.3. The van der Waals surface area contributed by atoms with Gasteiger partial charge in [-0.1, -0.05) is 66.7 Å². The van der Waals surface area contributed by atoms with Crippen molar-refractivity contribution in [3.8, 4) is 0 Å². The van der Waals surface area contributed by atoms with E-state index in [0.717, 1.165) is 31.7 Å². The SMILES string of the molecule is NC(NC(=O)C(O)(c1ccccc1)c1ccccc1)C12CC1CN(Cc1ccccn1)C2. The van der Waals surface area contributed by atoms with Crippen LogP contribution in [0.3, 0.4) is 0 Å². The van der Waals surface area contributed by atoms with Crippen LogP contribution in [0.15, 0.2) is 85.1 Å². The number of carbonyl (C=O) groups is 1. The Hall–Kier alpha value is -3.06. The van der Waals surface area contributed by atoms with Crippen LogP contribution in [0, 0.1) is 11.3 Å². The van der Waals surface area contributed by atoms with Gasteiger partial charge in [0.25, 0.3) is 5.91 Å². The molecule has 2 aliphatic rings. The average Bonchev–Trinajstić information content (AvgIpc) is 3.42. The van der Waals surface area contributed by atoms with Gasteiger partial charge < -0.3 is 16.2 Å². The van der Waals surface area contributed by atoms with E-state index in [2.05, 4.69) is 15.2 Å². The molecule has 32 heavy (non-hydrogen) atoms. The second-order valence-corrected chi connectivity index (χ2v) is 9.02. The monoisotopic (exact) mass is 428 g/mol. The van der Waals surface area contributed by atoms with E-state index in [-0.39, 0.29) is 5.41 Å². The van der Waals surface area contributed by atoms with Crippen molar-refractivity contribution in [2.45, 2.75) is 24.7 Å². The fourth-order valence-electron chi connectivity index (χ4n) is 5.13. The molecule has 2 heterocycles. The third-order valence-electron chi connectivity index (χ3n) is 7.01. The molecule has 2 aromatic carbocycles. The summed E-state index contributed by atoms with van der Waals surface area (Å²) in [6, 6.07) is 24.0. The molecule has 0 bridgehead atoms. The molecule has 1 saturated carbocycles. The Morgan fingerprint density at radius 3 is 2.31 bits per heavy atom. The molecule has 1 aliphatic carbocycles. The summed E-state index contributed by atoms with van der Waals surface area (Å²) < 4.78 is 0. The Labute approximate surface area is 188 Å². The van der Waals surface area contributed by atoms with Gasteiger partial charge in [0.05, 0.1) is 11.9 Å². The van der Waals surface area contributed by atoms with Gasteiger partial charge in [-0.05, 0) is 35.6 Å². The number of nitrogens with zero attached hydrogens (tertiary/aromatic N) is 2. The Bertz CT molecular complexity index is 1040. The van der Waals surface area contributed by atoms with Gasteiger partial charge in [-0.15, -0.1) is 0 Å². The maximum atomic E-state index is 13.5. The second kappa shape index (κ2) is 8.13. The first-order valence-corrected chi connectivity index (χ1v) is 11.0. The Kier molecular flexibility index (Phi) is 5.29. The number of benzene rings is 2. The van der Waals surface area contributed by atoms with E-state index in [0.29, 0.717) is 17.0 Å². The molecule has 0 radical (unpaired) electrons. The van der Waals surface area contributed by atoms with Crippen LogP contribution in [-0.2, 0) is 16.9 Å². The molecule has 2 fully saturated rings. The predicted molar refractivity (Wildman–Crippen MR) is 122 cm³/mol. The van der Waals surface area contributed by atoms with Crippen molar-refractivity contribution >= 4 is 5.91 Å². The summed E-state index contributed by atoms with van der Waals surface area (Å²) in [6.07, 6.45) is 2.26. The zero-order valence-electron chi connectivity index (χ0n) is 17.9. The molecule has 5 rings (SSSR count). The van der Waals surface area contributed by atoms with Gasteiger partial charge in [-0.2, -0.15) is 0 Å². The van der Waals surface area contributed by atoms with E-state index >= 15 is 0 Å². The lowest BCUT2D eigenvalue weighted by Crippen LogP contribution is -2.56. The molecule has 6 heteroatoms. The minimum Gasteiger partial charge on any atom is -0.372 e. The van der Waals surface area contributed by atoms with E-state index in [9.17, 15) is 9.90 Å². The van der Waals surface area contributed by atoms with Crippen molar-refractivity contribution in [3.05, 3.63) is 102 Å². The highest BCUT2D eigenvalue weighted by atomic mass is 16.3. The number of fused-ring (bicyclic) bond motifs is 1. The lowest BCUT2D eigenvalue weighted by atomic mass is 9.85. The third kappa shape index (κ3) is 3.60. The second-order valence-electron chi connectivity index (χ2n) is 9.02. The first kappa shape index (κ1) is 20.8. The van der Waals surface area contributed by atoms with Crippen molar-refractivity contribution < 1.29 is 9.90 Å². The topological polar surface area (TPSA) is 91.5 Å². The molecule has 3 unspecified atom stereocenters. The Morgan fingerprint density at radius 1 is 1.09 bits per heavy atom. The largest absolute Gasteiger partial charge is 0.372 e. The zero-order chi connectivity index (χ0) is 22.2. The van der Waals surface area contributed by atoms with Gasteiger partial charge >= 0.3 is 0 Å². The van der Waals surface area contributed by atoms with Gasteiger partial charge in [0.1, 0.15) is 0 Å². The first-order chi connectivity index (χ1) is 15.5. The number of likely N-dealkylation sites (tertiary alicyclic amines) is 1. The van der Waals surface area contributed by atoms with Crippen LogP contribution in [0.2, 0.25) is 0 Å². The zero-order valence-corrected chi connectivity index (χ0v) is 17.9. The lowest BCUT2D eigenvalue weighted by molar-refractivity contribution is -0.138. The fraction of sp³-hybridized carbons (Fsp3) is 0.308. The summed E-state index contributed by atoms with van der Waals surface area (Å²) in [5.74, 6) is -0.0475. The lowest BCUT2D eigenvalue weighted by Gasteiger charge is -2.32. The molecule has 6 nitrogen and oxygen atoms in total. The van der Waals surface area contributed by atoms with Crippen molar-refractivity contribution in [2.24, 2.45) is 17.1 Å². The van der Waals surface area contributed by atoms with Gasteiger partial charge in [-0.25, -0.2) is 0 Å². The van der Waals surface area contributed by atoms with E-state index in [1.165, 1.54) is 0 Å². The summed E-state index contributed by atoms with van der Waals surface area (Å²) in [5.41, 5.74) is 6.68. The normalized spacial score (nSPS) is 23.4. The number of pyridine rings is 1. The molecular weight excluding hydrogens is 400 g/mol. The van der Waals surface area contributed by atoms with Crippen LogP contribution in [0.1, 0.15) is 23.2 Å². The molecule has 0 spiro atoms. The number of hydrogen-bond donors (Lipinski definition) is 3. The molecule has 1 saturated heterocycles. The number of rotatable bonds is 7. The number of nitrogens with two attached hydrogens (primary N) is 1. The fourth-order valence-corrected chi connectivity index (χ4v) is 5.13. The highest BCUT2D eigenvalue weighted by molar-refractivity contribution is 5.90. The molecule has 1 aromatic heterocycles. The molecule has 3 aromatic rings. The van der Waals surface area contributed by atoms with Crippen molar-refractivity contribution in [3.63, 3.8) is 0 Å². The number of carbonyl (C=O) groups excluding carboxylic acids is 1. The quantitative estimate of drug-likeness (QED) is 0.502. The highest BCUT2D eigenvalue weighted by Crippen LogP contribution is 2.59. The van der Waals surface area contributed by atoms with Crippen LogP contribution in [0.4, 0.5) is 0 Å². The third-order valence-corrected chi connectivity index (χ3v) is 7.01. The number of hydrogen-bond acceptors (Lipinski definition) is 5. The van der Waals surface area contributed by atoms with Gasteiger partial charge in [0, 0.05) is 31.2 Å². The number of amides is 1. The average molecular weight is 429 g/mol. The minimum atomic E-state index is -1.81. The van der Waals surface area contributed by atoms with E-state index < -0.39 is 17.7 Å². The first-order valence-electron chi connectivity index (χ1n) is 11.0. The summed E-state index contributed by atoms with van der Waals surface area (Å²) in [5, 5.41) is 14.6. The van der Waals surface area contributed by atoms with E-state index in [1.807, 2.05) is 60.8 Å². The molecule has 3 atom stereocenters. The maximum absolute atomic E-state index is 13.5. The van der Waals surface area contributed by atoms with Gasteiger partial charge in [-0.3, -0.25) is 14.7 Å². The van der Waals surface area contributed by atoms with Crippen LogP contribution >= 0.6 is 0 Å². The highest BCUT2D eigenvalue weighted by Gasteiger charge is 2.63. The molecular formula is C26H28N4O2. The number of nitrogens with one attached hydrogen (secondary N) is 1. The Morgan fingerprint density at radius 2 is 1.72 bits per heavy atom. The van der Waals surface area contributed by atoms with Crippen LogP contribution < -0.4 is 11.1 Å². The van der Waals surface area contributed by atoms with Crippen molar-refractivity contribution in [1.82, 2.24) is 15.2 Å². The minimum absolute atomic E-state index is 0.154. The molecule has 1 amide bonds. The summed E-state index contributed by atoms with van der Waals surface area (Å²) in [7, 11) is 0. The van der Waals surface area contributed by atoms with Gasteiger partial charge in [0.15, 0.2) is 5.60 Å². The smallest absolute Gasteiger partial charge is 0.262 e. The maximum Gasteiger partial charge on any atom is 0.262 e. The van der Waals surface area contributed by atoms with Crippen molar-refractivity contribution in [1.29, 1.82) is 0 Å². The van der Waals surface area contributed by atoms with Crippen LogP contribution in [0.5, 0.6) is 0 Å². The van der Waals surface area contributed by atoms with Crippen LogP contribution in [0.25, 0.3) is 0 Å². The standard InChI is InChI=1S/C26H28N4O2/c27-23(25-15-21(25)16-30(18-25)17-22-13-7-8-14-28-22)29-24(31)26(32,19-9-3-1-4-10-19)20-11-5-2-6-12-20/h1-14,21,23,32H,15-18,27H2,(H,29,31). The summed E-state index contributed by atoms with van der Waals surface area (Å²) in [6.45, 7) is 2.53. The summed E-state index contributed by atoms with van der Waals surface area (Å²) >= 11 is 0. The number of aromatic nitrogens is 1. The van der Waals surface area contributed by atoms with E-state index in [1.54, 1.807) is 24.3 Å². The molecule has 4 N–H and O–H groups in total. The van der Waals surface area contributed by atoms with Crippen molar-refractivity contribution in [2.75, 3.05) is 13.1 Å². The number of piperidine rings is 1. The molecule has 1 aliphatic heterocycles. The molecule has 164 valence electrons. The van der Waals surface area contributed by atoms with E-state index in [4.69, 9.17) is 5.73 Å².